The average molecular weight is 241 g/mol. The van der Waals surface area contributed by atoms with Crippen molar-refractivity contribution < 1.29 is 19.5 Å². The lowest BCUT2D eigenvalue weighted by Crippen LogP contribution is -2.60. The Morgan fingerprint density at radius 2 is 2.12 bits per heavy atom. The molecule has 7 nitrogen and oxygen atoms in total. The number of amides is 2. The standard InChI is InChI=1S/C10H15N3O4/c14-7-4-11-6(3-12-7)9(15)13-8(10(16)17)5-1-2-5/h5-6,8,11H,1-4H2,(H,12,14)(H,13,15)(H,16,17). The first-order valence-corrected chi connectivity index (χ1v) is 5.61. The zero-order valence-electron chi connectivity index (χ0n) is 9.23. The number of rotatable bonds is 4. The van der Waals surface area contributed by atoms with E-state index in [-0.39, 0.29) is 30.8 Å². The maximum atomic E-state index is 11.8. The third kappa shape index (κ3) is 2.94. The fraction of sp³-hybridized carbons (Fsp3) is 0.700. The number of carboxylic acid groups (broad SMARTS) is 1. The molecule has 1 aliphatic carbocycles. The summed E-state index contributed by atoms with van der Waals surface area (Å²) in [5.41, 5.74) is 0. The Morgan fingerprint density at radius 1 is 1.41 bits per heavy atom. The van der Waals surface area contributed by atoms with Crippen LogP contribution in [-0.4, -0.2) is 48.1 Å². The maximum absolute atomic E-state index is 11.8. The van der Waals surface area contributed by atoms with E-state index >= 15 is 0 Å². The predicted octanol–water partition coefficient (Wildman–Crippen LogP) is -1.95. The topological polar surface area (TPSA) is 108 Å². The highest BCUT2D eigenvalue weighted by Gasteiger charge is 2.38. The minimum absolute atomic E-state index is 0.0506. The number of carbonyl (C=O) groups excluding carboxylic acids is 2. The zero-order chi connectivity index (χ0) is 12.4. The van der Waals surface area contributed by atoms with Crippen molar-refractivity contribution in [3.05, 3.63) is 0 Å². The van der Waals surface area contributed by atoms with Gasteiger partial charge in [-0.15, -0.1) is 0 Å². The first kappa shape index (κ1) is 11.8. The summed E-state index contributed by atoms with van der Waals surface area (Å²) in [7, 11) is 0. The molecule has 0 aromatic rings. The molecule has 1 saturated heterocycles. The molecule has 0 bridgehead atoms. The zero-order valence-corrected chi connectivity index (χ0v) is 9.23. The molecule has 0 radical (unpaired) electrons. The van der Waals surface area contributed by atoms with Crippen molar-refractivity contribution in [3.8, 4) is 0 Å². The molecule has 0 aromatic heterocycles. The summed E-state index contributed by atoms with van der Waals surface area (Å²) in [6.07, 6.45) is 1.68. The van der Waals surface area contributed by atoms with Crippen LogP contribution in [0.3, 0.4) is 0 Å². The molecule has 4 N–H and O–H groups in total. The highest BCUT2D eigenvalue weighted by atomic mass is 16.4. The first-order valence-electron chi connectivity index (χ1n) is 5.61. The minimum Gasteiger partial charge on any atom is -0.480 e. The number of hydrogen-bond donors (Lipinski definition) is 4. The molecule has 2 amide bonds. The summed E-state index contributed by atoms with van der Waals surface area (Å²) in [6.45, 7) is 0.279. The lowest BCUT2D eigenvalue weighted by molar-refractivity contribution is -0.143. The van der Waals surface area contributed by atoms with Gasteiger partial charge >= 0.3 is 5.97 Å². The normalized spacial score (nSPS) is 25.9. The molecule has 1 heterocycles. The second-order valence-corrected chi connectivity index (χ2v) is 4.40. The van der Waals surface area contributed by atoms with Crippen molar-refractivity contribution in [1.29, 1.82) is 0 Å². The Bertz CT molecular complexity index is 343. The van der Waals surface area contributed by atoms with Crippen LogP contribution < -0.4 is 16.0 Å². The lowest BCUT2D eigenvalue weighted by atomic mass is 10.1. The summed E-state index contributed by atoms with van der Waals surface area (Å²) in [4.78, 5) is 33.6. The van der Waals surface area contributed by atoms with E-state index < -0.39 is 18.1 Å². The van der Waals surface area contributed by atoms with Crippen LogP contribution in [0.15, 0.2) is 0 Å². The van der Waals surface area contributed by atoms with E-state index in [1.165, 1.54) is 0 Å². The molecule has 0 aromatic carbocycles. The van der Waals surface area contributed by atoms with Gasteiger partial charge in [-0.3, -0.25) is 14.9 Å². The lowest BCUT2D eigenvalue weighted by Gasteiger charge is -2.24. The van der Waals surface area contributed by atoms with E-state index in [4.69, 9.17) is 5.11 Å². The SMILES string of the molecule is O=C1CNC(C(=O)NC(C(=O)O)C2CC2)CN1. The van der Waals surface area contributed by atoms with Crippen molar-refractivity contribution in [3.63, 3.8) is 0 Å². The van der Waals surface area contributed by atoms with Crippen molar-refractivity contribution in [2.75, 3.05) is 13.1 Å². The number of aliphatic carboxylic acids is 1. The summed E-state index contributed by atoms with van der Waals surface area (Å²) < 4.78 is 0. The quantitative estimate of drug-likeness (QED) is 0.458. The molecule has 2 unspecified atom stereocenters. The van der Waals surface area contributed by atoms with E-state index in [1.807, 2.05) is 0 Å². The van der Waals surface area contributed by atoms with Crippen LogP contribution >= 0.6 is 0 Å². The van der Waals surface area contributed by atoms with Crippen molar-refractivity contribution in [1.82, 2.24) is 16.0 Å². The Morgan fingerprint density at radius 3 is 2.59 bits per heavy atom. The molecular weight excluding hydrogens is 226 g/mol. The van der Waals surface area contributed by atoms with Crippen LogP contribution in [-0.2, 0) is 14.4 Å². The van der Waals surface area contributed by atoms with E-state index in [0.717, 1.165) is 12.8 Å². The van der Waals surface area contributed by atoms with Gasteiger partial charge in [0, 0.05) is 6.54 Å². The van der Waals surface area contributed by atoms with Gasteiger partial charge in [-0.1, -0.05) is 0 Å². The maximum Gasteiger partial charge on any atom is 0.326 e. The summed E-state index contributed by atoms with van der Waals surface area (Å²) >= 11 is 0. The van der Waals surface area contributed by atoms with Crippen LogP contribution in [0.1, 0.15) is 12.8 Å². The Labute approximate surface area is 97.9 Å². The van der Waals surface area contributed by atoms with Gasteiger partial charge in [-0.05, 0) is 18.8 Å². The van der Waals surface area contributed by atoms with Crippen LogP contribution in [0, 0.1) is 5.92 Å². The second-order valence-electron chi connectivity index (χ2n) is 4.40. The highest BCUT2D eigenvalue weighted by molar-refractivity contribution is 5.89. The second kappa shape index (κ2) is 4.70. The van der Waals surface area contributed by atoms with Gasteiger partial charge in [0.05, 0.1) is 6.54 Å². The van der Waals surface area contributed by atoms with Gasteiger partial charge < -0.3 is 15.7 Å². The Hall–Kier alpha value is -1.63. The molecule has 2 fully saturated rings. The Kier molecular flexibility index (Phi) is 3.28. The summed E-state index contributed by atoms with van der Waals surface area (Å²) in [6, 6.07) is -1.35. The average Bonchev–Trinajstić information content (AvgIpc) is 3.10. The van der Waals surface area contributed by atoms with Gasteiger partial charge in [0.1, 0.15) is 12.1 Å². The van der Waals surface area contributed by atoms with Crippen LogP contribution in [0.4, 0.5) is 0 Å². The molecule has 1 aliphatic heterocycles. The molecule has 1 saturated carbocycles. The Balaban J connectivity index is 1.87. The van der Waals surface area contributed by atoms with Crippen LogP contribution in [0.5, 0.6) is 0 Å². The van der Waals surface area contributed by atoms with E-state index in [2.05, 4.69) is 16.0 Å². The molecule has 0 spiro atoms. The van der Waals surface area contributed by atoms with Crippen molar-refractivity contribution in [2.45, 2.75) is 24.9 Å². The summed E-state index contributed by atoms with van der Waals surface area (Å²) in [5, 5.41) is 16.8. The smallest absolute Gasteiger partial charge is 0.326 e. The third-order valence-electron chi connectivity index (χ3n) is 2.99. The van der Waals surface area contributed by atoms with Crippen LogP contribution in [0.25, 0.3) is 0 Å². The molecule has 2 aliphatic rings. The van der Waals surface area contributed by atoms with E-state index in [9.17, 15) is 14.4 Å². The van der Waals surface area contributed by atoms with Crippen LogP contribution in [0.2, 0.25) is 0 Å². The van der Waals surface area contributed by atoms with Gasteiger partial charge in [0.2, 0.25) is 11.8 Å². The largest absolute Gasteiger partial charge is 0.480 e. The van der Waals surface area contributed by atoms with Gasteiger partial charge in [-0.2, -0.15) is 0 Å². The molecule has 7 heteroatoms. The van der Waals surface area contributed by atoms with E-state index in [0.29, 0.717) is 0 Å². The molecule has 2 rings (SSSR count). The molecule has 94 valence electrons. The number of hydrogen-bond acceptors (Lipinski definition) is 4. The van der Waals surface area contributed by atoms with Gasteiger partial charge in [-0.25, -0.2) is 4.79 Å². The van der Waals surface area contributed by atoms with Crippen molar-refractivity contribution in [2.24, 2.45) is 5.92 Å². The molecular formula is C10H15N3O4. The fourth-order valence-corrected chi connectivity index (χ4v) is 1.82. The highest BCUT2D eigenvalue weighted by Crippen LogP contribution is 2.32. The van der Waals surface area contributed by atoms with Gasteiger partial charge in [0.15, 0.2) is 0 Å². The van der Waals surface area contributed by atoms with E-state index in [1.54, 1.807) is 0 Å². The number of nitrogens with one attached hydrogen (secondary N) is 3. The fourth-order valence-electron chi connectivity index (χ4n) is 1.82. The number of carbonyl (C=O) groups is 3. The molecule has 17 heavy (non-hydrogen) atoms. The third-order valence-corrected chi connectivity index (χ3v) is 2.99. The predicted molar refractivity (Wildman–Crippen MR) is 57.1 cm³/mol. The monoisotopic (exact) mass is 241 g/mol. The number of carboxylic acids is 1. The number of piperazine rings is 1. The first-order chi connectivity index (χ1) is 8.08. The van der Waals surface area contributed by atoms with Crippen molar-refractivity contribution >= 4 is 17.8 Å². The summed E-state index contributed by atoms with van der Waals surface area (Å²) in [5.74, 6) is -1.48. The molecule has 2 atom stereocenters. The minimum atomic E-state index is -0.999. The van der Waals surface area contributed by atoms with Gasteiger partial charge in [0.25, 0.3) is 0 Å².